The van der Waals surface area contributed by atoms with Crippen molar-refractivity contribution < 1.29 is 9.72 Å². The van der Waals surface area contributed by atoms with Gasteiger partial charge in [-0.3, -0.25) is 14.9 Å². The van der Waals surface area contributed by atoms with E-state index in [1.165, 1.54) is 18.2 Å². The fraction of sp³-hybridized carbons (Fsp3) is 0. The maximum Gasteiger partial charge on any atom is 0.271 e. The number of rotatable bonds is 4. The number of nitrogens with one attached hydrogen (secondary N) is 1. The van der Waals surface area contributed by atoms with Crippen molar-refractivity contribution in [2.75, 3.05) is 5.32 Å². The number of carbonyl (C=O) groups excluding carboxylic acids is 1. The molecule has 0 atom stereocenters. The highest BCUT2D eigenvalue weighted by atomic mass is 35.5. The molecule has 2 aromatic rings. The van der Waals surface area contributed by atoms with E-state index >= 15 is 0 Å². The number of nitro benzene ring substituents is 1. The first-order chi connectivity index (χ1) is 11.4. The summed E-state index contributed by atoms with van der Waals surface area (Å²) in [4.78, 5) is 22.3. The summed E-state index contributed by atoms with van der Waals surface area (Å²) in [5.41, 5.74) is 0.288. The fourth-order valence-electron chi connectivity index (χ4n) is 1.80. The zero-order valence-electron chi connectivity index (χ0n) is 12.0. The van der Waals surface area contributed by atoms with Gasteiger partial charge in [0.15, 0.2) is 0 Å². The normalized spacial score (nSPS) is 10.8. The molecule has 1 N–H and O–H groups in total. The zero-order valence-corrected chi connectivity index (χ0v) is 13.5. The lowest BCUT2D eigenvalue weighted by Gasteiger charge is -2.06. The SMILES string of the molecule is N#C/C(=C\c1ccccc1Cl)C(=O)Nc1ccc([N+](=O)[O-])cc1Cl. The predicted molar refractivity (Wildman–Crippen MR) is 91.8 cm³/mol. The third-order valence-electron chi connectivity index (χ3n) is 2.98. The number of anilines is 1. The molecule has 0 aromatic heterocycles. The van der Waals surface area contributed by atoms with Gasteiger partial charge in [-0.15, -0.1) is 0 Å². The lowest BCUT2D eigenvalue weighted by atomic mass is 10.1. The molecule has 0 heterocycles. The van der Waals surface area contributed by atoms with Crippen LogP contribution in [0.4, 0.5) is 11.4 Å². The number of carbonyl (C=O) groups is 1. The Balaban J connectivity index is 2.26. The molecule has 0 aliphatic heterocycles. The molecule has 0 bridgehead atoms. The van der Waals surface area contributed by atoms with Gasteiger partial charge in [-0.05, 0) is 23.8 Å². The van der Waals surface area contributed by atoms with Crippen LogP contribution in [0.2, 0.25) is 10.0 Å². The number of amides is 1. The number of non-ortho nitro benzene ring substituents is 1. The molecule has 0 spiro atoms. The molecule has 0 saturated heterocycles. The molecule has 0 saturated carbocycles. The number of nitrogens with zero attached hydrogens (tertiary/aromatic N) is 2. The van der Waals surface area contributed by atoms with Crippen LogP contribution in [0, 0.1) is 21.4 Å². The van der Waals surface area contributed by atoms with Gasteiger partial charge >= 0.3 is 0 Å². The summed E-state index contributed by atoms with van der Waals surface area (Å²) >= 11 is 11.9. The summed E-state index contributed by atoms with van der Waals surface area (Å²) in [6, 6.07) is 12.1. The summed E-state index contributed by atoms with van der Waals surface area (Å²) in [6.45, 7) is 0. The van der Waals surface area contributed by atoms with Gasteiger partial charge in [0.1, 0.15) is 11.6 Å². The Morgan fingerprint density at radius 2 is 1.92 bits per heavy atom. The highest BCUT2D eigenvalue weighted by molar-refractivity contribution is 6.34. The summed E-state index contributed by atoms with van der Waals surface area (Å²) in [5, 5.41) is 22.7. The van der Waals surface area contributed by atoms with Gasteiger partial charge in [-0.25, -0.2) is 0 Å². The van der Waals surface area contributed by atoms with Gasteiger partial charge in [0.2, 0.25) is 0 Å². The third kappa shape index (κ3) is 4.10. The van der Waals surface area contributed by atoms with Crippen molar-refractivity contribution in [1.29, 1.82) is 5.26 Å². The molecule has 2 aromatic carbocycles. The predicted octanol–water partition coefficient (Wildman–Crippen LogP) is 4.45. The largest absolute Gasteiger partial charge is 0.320 e. The maximum absolute atomic E-state index is 12.2. The zero-order chi connectivity index (χ0) is 17.7. The summed E-state index contributed by atoms with van der Waals surface area (Å²) < 4.78 is 0. The van der Waals surface area contributed by atoms with E-state index in [-0.39, 0.29) is 22.0 Å². The van der Waals surface area contributed by atoms with Gasteiger partial charge in [0.25, 0.3) is 11.6 Å². The topological polar surface area (TPSA) is 96.0 Å². The molecule has 0 unspecified atom stereocenters. The molecule has 8 heteroatoms. The van der Waals surface area contributed by atoms with E-state index in [1.54, 1.807) is 30.3 Å². The maximum atomic E-state index is 12.2. The number of hydrogen-bond donors (Lipinski definition) is 1. The minimum Gasteiger partial charge on any atom is -0.320 e. The third-order valence-corrected chi connectivity index (χ3v) is 3.64. The number of nitro groups is 1. The van der Waals surface area contributed by atoms with Crippen LogP contribution in [0.25, 0.3) is 6.08 Å². The number of benzene rings is 2. The van der Waals surface area contributed by atoms with Crippen molar-refractivity contribution in [2.24, 2.45) is 0 Å². The quantitative estimate of drug-likeness (QED) is 0.376. The van der Waals surface area contributed by atoms with Gasteiger partial charge in [0.05, 0.1) is 15.6 Å². The monoisotopic (exact) mass is 361 g/mol. The summed E-state index contributed by atoms with van der Waals surface area (Å²) in [7, 11) is 0. The number of hydrogen-bond acceptors (Lipinski definition) is 4. The van der Waals surface area contributed by atoms with Gasteiger partial charge in [0, 0.05) is 17.2 Å². The summed E-state index contributed by atoms with van der Waals surface area (Å²) in [6.07, 6.45) is 1.34. The first-order valence-electron chi connectivity index (χ1n) is 6.54. The Labute approximate surface area is 147 Å². The van der Waals surface area contributed by atoms with Crippen molar-refractivity contribution >= 4 is 46.6 Å². The Hall–Kier alpha value is -2.88. The second-order valence-corrected chi connectivity index (χ2v) is 5.38. The minimum atomic E-state index is -0.701. The molecule has 24 heavy (non-hydrogen) atoms. The lowest BCUT2D eigenvalue weighted by Crippen LogP contribution is -2.13. The van der Waals surface area contributed by atoms with Crippen LogP contribution >= 0.6 is 23.2 Å². The standard InChI is InChI=1S/C16H9Cl2N3O3/c17-13-4-2-1-3-10(13)7-11(9-19)16(22)20-15-6-5-12(21(23)24)8-14(15)18/h1-8H,(H,20,22)/b11-7+. The highest BCUT2D eigenvalue weighted by Gasteiger charge is 2.14. The number of nitriles is 1. The molecular formula is C16H9Cl2N3O3. The Morgan fingerprint density at radius 1 is 1.21 bits per heavy atom. The molecule has 1 amide bonds. The highest BCUT2D eigenvalue weighted by Crippen LogP contribution is 2.27. The fourth-order valence-corrected chi connectivity index (χ4v) is 2.22. The second kappa shape index (κ2) is 7.59. The van der Waals surface area contributed by atoms with Crippen LogP contribution in [0.15, 0.2) is 48.0 Å². The van der Waals surface area contributed by atoms with Crippen LogP contribution in [0.3, 0.4) is 0 Å². The van der Waals surface area contributed by atoms with Crippen LogP contribution in [0.5, 0.6) is 0 Å². The van der Waals surface area contributed by atoms with Crippen LogP contribution in [-0.2, 0) is 4.79 Å². The van der Waals surface area contributed by atoms with Crippen molar-refractivity contribution in [3.63, 3.8) is 0 Å². The Morgan fingerprint density at radius 3 is 2.50 bits per heavy atom. The first-order valence-corrected chi connectivity index (χ1v) is 7.29. The van der Waals surface area contributed by atoms with Crippen molar-refractivity contribution in [2.45, 2.75) is 0 Å². The van der Waals surface area contributed by atoms with Crippen molar-refractivity contribution in [3.05, 3.63) is 73.8 Å². The Bertz CT molecular complexity index is 888. The van der Waals surface area contributed by atoms with E-state index in [0.29, 0.717) is 10.6 Å². The smallest absolute Gasteiger partial charge is 0.271 e. The van der Waals surface area contributed by atoms with Crippen molar-refractivity contribution in [3.8, 4) is 6.07 Å². The van der Waals surface area contributed by atoms with Crippen LogP contribution in [0.1, 0.15) is 5.56 Å². The average molecular weight is 362 g/mol. The van der Waals surface area contributed by atoms with E-state index in [4.69, 9.17) is 28.5 Å². The van der Waals surface area contributed by atoms with Gasteiger partial charge in [-0.1, -0.05) is 41.4 Å². The van der Waals surface area contributed by atoms with E-state index in [1.807, 2.05) is 0 Å². The van der Waals surface area contributed by atoms with Crippen LogP contribution in [-0.4, -0.2) is 10.8 Å². The minimum absolute atomic E-state index is 0.00687. The molecule has 2 rings (SSSR count). The van der Waals surface area contributed by atoms with Gasteiger partial charge in [-0.2, -0.15) is 5.26 Å². The molecule has 0 fully saturated rings. The first kappa shape index (κ1) is 17.5. The van der Waals surface area contributed by atoms with E-state index in [0.717, 1.165) is 6.07 Å². The average Bonchev–Trinajstić information content (AvgIpc) is 2.55. The lowest BCUT2D eigenvalue weighted by molar-refractivity contribution is -0.384. The van der Waals surface area contributed by atoms with Crippen LogP contribution < -0.4 is 5.32 Å². The van der Waals surface area contributed by atoms with Gasteiger partial charge < -0.3 is 5.32 Å². The molecule has 0 aliphatic carbocycles. The molecule has 0 radical (unpaired) electrons. The molecule has 6 nitrogen and oxygen atoms in total. The van der Waals surface area contributed by atoms with E-state index < -0.39 is 10.8 Å². The molecular weight excluding hydrogens is 353 g/mol. The Kier molecular flexibility index (Phi) is 5.53. The molecule has 120 valence electrons. The number of halogens is 2. The molecule has 0 aliphatic rings. The van der Waals surface area contributed by atoms with Crippen molar-refractivity contribution in [1.82, 2.24) is 0 Å². The second-order valence-electron chi connectivity index (χ2n) is 4.57. The van der Waals surface area contributed by atoms with E-state index in [9.17, 15) is 14.9 Å². The summed E-state index contributed by atoms with van der Waals surface area (Å²) in [5.74, 6) is -0.701. The van der Waals surface area contributed by atoms with E-state index in [2.05, 4.69) is 5.32 Å².